The van der Waals surface area contributed by atoms with Gasteiger partial charge >= 0.3 is 5.97 Å². The molecule has 0 radical (unpaired) electrons. The van der Waals surface area contributed by atoms with Crippen LogP contribution < -0.4 is 5.56 Å². The van der Waals surface area contributed by atoms with E-state index in [0.29, 0.717) is 17.1 Å². The number of nitrogens with zero attached hydrogens (tertiary/aromatic N) is 2. The van der Waals surface area contributed by atoms with Crippen LogP contribution in [0.25, 0.3) is 10.2 Å². The molecule has 2 aromatic heterocycles. The van der Waals surface area contributed by atoms with E-state index in [4.69, 9.17) is 5.11 Å². The van der Waals surface area contributed by atoms with E-state index in [0.717, 1.165) is 23.2 Å². The zero-order valence-corrected chi connectivity index (χ0v) is 11.5. The molecule has 1 fully saturated rings. The highest BCUT2D eigenvalue weighted by Crippen LogP contribution is 2.44. The second-order valence-corrected chi connectivity index (χ2v) is 5.85. The molecule has 3 rings (SSSR count). The van der Waals surface area contributed by atoms with E-state index in [9.17, 15) is 9.59 Å². The van der Waals surface area contributed by atoms with Gasteiger partial charge in [-0.05, 0) is 43.6 Å². The average molecular weight is 278 g/mol. The van der Waals surface area contributed by atoms with Gasteiger partial charge in [0.2, 0.25) is 0 Å². The van der Waals surface area contributed by atoms with E-state index in [-0.39, 0.29) is 5.56 Å². The first-order chi connectivity index (χ1) is 9.00. The maximum absolute atomic E-state index is 12.6. The van der Waals surface area contributed by atoms with Crippen LogP contribution in [-0.4, -0.2) is 20.6 Å². The van der Waals surface area contributed by atoms with Crippen LogP contribution in [-0.2, 0) is 4.79 Å². The summed E-state index contributed by atoms with van der Waals surface area (Å²) < 4.78 is 1.28. The molecule has 19 heavy (non-hydrogen) atoms. The maximum atomic E-state index is 12.6. The second-order valence-electron chi connectivity index (χ2n) is 4.99. The lowest BCUT2D eigenvalue weighted by Gasteiger charge is -2.13. The molecule has 100 valence electrons. The molecule has 0 amide bonds. The van der Waals surface area contributed by atoms with Crippen molar-refractivity contribution in [2.24, 2.45) is 0 Å². The van der Waals surface area contributed by atoms with Gasteiger partial charge < -0.3 is 5.11 Å². The Bertz CT molecular complexity index is 727. The Hall–Kier alpha value is -1.69. The van der Waals surface area contributed by atoms with Crippen LogP contribution in [0.4, 0.5) is 0 Å². The van der Waals surface area contributed by atoms with Gasteiger partial charge in [-0.3, -0.25) is 9.36 Å². The molecule has 6 heteroatoms. The van der Waals surface area contributed by atoms with Gasteiger partial charge in [0.1, 0.15) is 16.7 Å². The number of carboxylic acid groups (broad SMARTS) is 1. The Labute approximate surface area is 113 Å². The van der Waals surface area contributed by atoms with Crippen molar-refractivity contribution >= 4 is 27.5 Å². The minimum Gasteiger partial charge on any atom is -0.480 e. The smallest absolute Gasteiger partial charge is 0.326 e. The van der Waals surface area contributed by atoms with E-state index >= 15 is 0 Å². The number of aliphatic carboxylic acids is 1. The highest BCUT2D eigenvalue weighted by Gasteiger charge is 2.29. The van der Waals surface area contributed by atoms with E-state index in [2.05, 4.69) is 4.98 Å². The molecule has 1 atom stereocenters. The molecule has 2 heterocycles. The fourth-order valence-electron chi connectivity index (χ4n) is 2.39. The summed E-state index contributed by atoms with van der Waals surface area (Å²) in [5.41, 5.74) is 0.824. The van der Waals surface area contributed by atoms with Crippen LogP contribution in [0.15, 0.2) is 10.2 Å². The van der Waals surface area contributed by atoms with Gasteiger partial charge in [-0.1, -0.05) is 0 Å². The van der Waals surface area contributed by atoms with Gasteiger partial charge in [0.05, 0.1) is 5.39 Å². The van der Waals surface area contributed by atoms with Crippen LogP contribution in [0.3, 0.4) is 0 Å². The Morgan fingerprint density at radius 2 is 2.26 bits per heavy atom. The Morgan fingerprint density at radius 1 is 1.58 bits per heavy atom. The van der Waals surface area contributed by atoms with E-state index in [1.807, 2.05) is 5.38 Å². The first-order valence-corrected chi connectivity index (χ1v) is 7.11. The lowest BCUT2D eigenvalue weighted by atomic mass is 10.1. The standard InChI is InChI=1S/C13H14N2O3S/c1-6(13(17)18)15-7(2)14-11-10(12(15)16)9(5-19-11)8-3-4-8/h5-6,8H,3-4H2,1-2H3,(H,17,18). The molecule has 1 aliphatic carbocycles. The lowest BCUT2D eigenvalue weighted by molar-refractivity contribution is -0.140. The summed E-state index contributed by atoms with van der Waals surface area (Å²) in [6, 6.07) is -0.892. The summed E-state index contributed by atoms with van der Waals surface area (Å²) in [6.45, 7) is 3.18. The number of carbonyl (C=O) groups is 1. The Morgan fingerprint density at radius 3 is 2.84 bits per heavy atom. The molecule has 1 aliphatic rings. The Kier molecular flexibility index (Phi) is 2.70. The predicted octanol–water partition coefficient (Wildman–Crippen LogP) is 2.29. The summed E-state index contributed by atoms with van der Waals surface area (Å²) >= 11 is 1.47. The molecule has 2 aromatic rings. The fraction of sp³-hybridized carbons (Fsp3) is 0.462. The molecule has 0 bridgehead atoms. The van der Waals surface area contributed by atoms with Crippen molar-refractivity contribution in [3.05, 3.63) is 27.1 Å². The number of rotatable bonds is 3. The third-order valence-electron chi connectivity index (χ3n) is 3.61. The fourth-order valence-corrected chi connectivity index (χ4v) is 3.44. The number of aromatic nitrogens is 2. The van der Waals surface area contributed by atoms with Crippen molar-refractivity contribution in [3.63, 3.8) is 0 Å². The third-order valence-corrected chi connectivity index (χ3v) is 4.50. The zero-order chi connectivity index (χ0) is 13.7. The predicted molar refractivity (Wildman–Crippen MR) is 72.9 cm³/mol. The quantitative estimate of drug-likeness (QED) is 0.935. The highest BCUT2D eigenvalue weighted by molar-refractivity contribution is 7.16. The molecule has 1 unspecified atom stereocenters. The van der Waals surface area contributed by atoms with Gasteiger partial charge in [0, 0.05) is 0 Å². The summed E-state index contributed by atoms with van der Waals surface area (Å²) in [7, 11) is 0. The minimum absolute atomic E-state index is 0.222. The number of carboxylic acids is 1. The van der Waals surface area contributed by atoms with Gasteiger partial charge in [-0.2, -0.15) is 0 Å². The van der Waals surface area contributed by atoms with Crippen molar-refractivity contribution in [1.29, 1.82) is 0 Å². The molecule has 1 saturated carbocycles. The van der Waals surface area contributed by atoms with Crippen molar-refractivity contribution in [1.82, 2.24) is 9.55 Å². The average Bonchev–Trinajstić information content (AvgIpc) is 3.10. The van der Waals surface area contributed by atoms with Gasteiger partial charge in [-0.25, -0.2) is 9.78 Å². The summed E-state index contributed by atoms with van der Waals surface area (Å²) in [5.74, 6) is -0.106. The zero-order valence-electron chi connectivity index (χ0n) is 10.7. The maximum Gasteiger partial charge on any atom is 0.326 e. The Balaban J connectivity index is 2.30. The normalized spacial score (nSPS) is 16.7. The van der Waals surface area contributed by atoms with Crippen LogP contribution in [0.2, 0.25) is 0 Å². The number of aryl methyl sites for hydroxylation is 1. The summed E-state index contributed by atoms with van der Waals surface area (Å²) in [5, 5.41) is 11.7. The summed E-state index contributed by atoms with van der Waals surface area (Å²) in [4.78, 5) is 28.8. The molecule has 0 spiro atoms. The van der Waals surface area contributed by atoms with Crippen LogP contribution in [0.5, 0.6) is 0 Å². The largest absolute Gasteiger partial charge is 0.480 e. The van der Waals surface area contributed by atoms with Crippen LogP contribution in [0.1, 0.15) is 43.1 Å². The molecule has 5 nitrogen and oxygen atoms in total. The molecule has 0 aromatic carbocycles. The first kappa shape index (κ1) is 12.3. The van der Waals surface area contributed by atoms with Crippen LogP contribution >= 0.6 is 11.3 Å². The van der Waals surface area contributed by atoms with Gasteiger partial charge in [0.25, 0.3) is 5.56 Å². The molecule has 0 saturated heterocycles. The number of hydrogen-bond acceptors (Lipinski definition) is 4. The van der Waals surface area contributed by atoms with Crippen LogP contribution in [0, 0.1) is 6.92 Å². The van der Waals surface area contributed by atoms with Gasteiger partial charge in [0.15, 0.2) is 0 Å². The topological polar surface area (TPSA) is 72.2 Å². The monoisotopic (exact) mass is 278 g/mol. The molecule has 0 aliphatic heterocycles. The number of hydrogen-bond donors (Lipinski definition) is 1. The SMILES string of the molecule is Cc1nc2scc(C3CC3)c2c(=O)n1C(C)C(=O)O. The molecular formula is C13H14N2O3S. The molecular weight excluding hydrogens is 264 g/mol. The third kappa shape index (κ3) is 1.87. The summed E-state index contributed by atoms with van der Waals surface area (Å²) in [6.07, 6.45) is 2.21. The van der Waals surface area contributed by atoms with Crippen molar-refractivity contribution in [3.8, 4) is 0 Å². The number of thiophene rings is 1. The van der Waals surface area contributed by atoms with E-state index in [1.54, 1.807) is 6.92 Å². The van der Waals surface area contributed by atoms with Gasteiger partial charge in [-0.15, -0.1) is 11.3 Å². The number of fused-ring (bicyclic) bond motifs is 1. The van der Waals surface area contributed by atoms with E-state index < -0.39 is 12.0 Å². The first-order valence-electron chi connectivity index (χ1n) is 6.23. The van der Waals surface area contributed by atoms with Crippen molar-refractivity contribution in [2.45, 2.75) is 38.6 Å². The minimum atomic E-state index is -1.02. The van der Waals surface area contributed by atoms with Crippen molar-refractivity contribution in [2.75, 3.05) is 0 Å². The molecule has 1 N–H and O–H groups in total. The van der Waals surface area contributed by atoms with Crippen molar-refractivity contribution < 1.29 is 9.90 Å². The van der Waals surface area contributed by atoms with E-state index in [1.165, 1.54) is 22.8 Å². The highest BCUT2D eigenvalue weighted by atomic mass is 32.1. The lowest BCUT2D eigenvalue weighted by Crippen LogP contribution is -2.30. The second kappa shape index (κ2) is 4.16.